The molecule has 0 spiro atoms. The van der Waals surface area contributed by atoms with E-state index in [9.17, 15) is 0 Å². The molecule has 0 fully saturated rings. The van der Waals surface area contributed by atoms with E-state index in [0.29, 0.717) is 17.5 Å². The lowest BCUT2D eigenvalue weighted by atomic mass is 9.87. The summed E-state index contributed by atoms with van der Waals surface area (Å²) < 4.78 is 0. The third-order valence-corrected chi connectivity index (χ3v) is 10.7. The lowest BCUT2D eigenvalue weighted by molar-refractivity contribution is 1.07. The van der Waals surface area contributed by atoms with Gasteiger partial charge in [-0.3, -0.25) is 0 Å². The van der Waals surface area contributed by atoms with E-state index in [0.717, 1.165) is 38.9 Å². The maximum atomic E-state index is 5.08. The van der Waals surface area contributed by atoms with Crippen molar-refractivity contribution in [3.63, 3.8) is 0 Å². The second-order valence-corrected chi connectivity index (χ2v) is 14.4. The number of rotatable bonds is 8. The zero-order chi connectivity index (χ0) is 38.7. The van der Waals surface area contributed by atoms with Crippen molar-refractivity contribution in [3.05, 3.63) is 224 Å². The number of fused-ring (bicyclic) bond motifs is 1. The zero-order valence-electron chi connectivity index (χ0n) is 31.7. The molecule has 3 heteroatoms. The Labute approximate surface area is 338 Å². The maximum Gasteiger partial charge on any atom is 0.164 e. The molecule has 0 bridgehead atoms. The monoisotopic (exact) mass is 739 g/mol. The molecule has 0 atom stereocenters. The van der Waals surface area contributed by atoms with Crippen LogP contribution in [0.4, 0.5) is 0 Å². The van der Waals surface area contributed by atoms with Gasteiger partial charge >= 0.3 is 0 Å². The molecule has 10 rings (SSSR count). The van der Waals surface area contributed by atoms with E-state index in [1.54, 1.807) is 0 Å². The maximum absolute atomic E-state index is 5.08. The number of aromatic nitrogens is 3. The lowest BCUT2D eigenvalue weighted by Crippen LogP contribution is -2.00. The molecular weight excluding hydrogens is 703 g/mol. The third kappa shape index (κ3) is 6.98. The summed E-state index contributed by atoms with van der Waals surface area (Å²) in [5.74, 6) is 1.91. The van der Waals surface area contributed by atoms with E-state index >= 15 is 0 Å². The Balaban J connectivity index is 1.17. The summed E-state index contributed by atoms with van der Waals surface area (Å²) in [6, 6.07) is 79.2. The van der Waals surface area contributed by atoms with Gasteiger partial charge in [0.1, 0.15) is 0 Å². The van der Waals surface area contributed by atoms with Crippen molar-refractivity contribution in [3.8, 4) is 89.8 Å². The molecule has 10 aromatic rings. The van der Waals surface area contributed by atoms with Crippen LogP contribution in [0.2, 0.25) is 0 Å². The van der Waals surface area contributed by atoms with Crippen LogP contribution >= 0.6 is 0 Å². The Kier molecular flexibility index (Phi) is 9.23. The second-order valence-electron chi connectivity index (χ2n) is 14.4. The molecule has 0 aliphatic carbocycles. The van der Waals surface area contributed by atoms with Gasteiger partial charge < -0.3 is 0 Å². The smallest absolute Gasteiger partial charge is 0.164 e. The fourth-order valence-electron chi connectivity index (χ4n) is 7.81. The average molecular weight is 740 g/mol. The predicted molar refractivity (Wildman–Crippen MR) is 241 cm³/mol. The van der Waals surface area contributed by atoms with Crippen LogP contribution in [0.15, 0.2) is 224 Å². The minimum Gasteiger partial charge on any atom is -0.208 e. The van der Waals surface area contributed by atoms with Gasteiger partial charge in [0.05, 0.1) is 0 Å². The van der Waals surface area contributed by atoms with Crippen LogP contribution in [-0.4, -0.2) is 15.0 Å². The SMILES string of the molecule is c1ccc(-c2cc(-c3ccccc3)cc(-c3cc(-c4ccc(-c5nc(-c6ccccc6)nc(-c6ccccc6)n5)cc4-c4ccccc4)cc4ccccc34)c2)cc1. The number of benzene rings is 9. The van der Waals surface area contributed by atoms with Gasteiger partial charge in [0.2, 0.25) is 0 Å². The Morgan fingerprint density at radius 3 is 1.14 bits per heavy atom. The molecule has 0 unspecified atom stereocenters. The topological polar surface area (TPSA) is 38.7 Å². The quantitative estimate of drug-likeness (QED) is 0.156. The highest BCUT2D eigenvalue weighted by Crippen LogP contribution is 2.42. The molecule has 0 N–H and O–H groups in total. The summed E-state index contributed by atoms with van der Waals surface area (Å²) in [4.78, 5) is 15.1. The molecule has 9 aromatic carbocycles. The molecule has 0 radical (unpaired) electrons. The highest BCUT2D eigenvalue weighted by atomic mass is 15.0. The van der Waals surface area contributed by atoms with E-state index in [-0.39, 0.29) is 0 Å². The van der Waals surface area contributed by atoms with E-state index < -0.39 is 0 Å². The van der Waals surface area contributed by atoms with Gasteiger partial charge in [-0.15, -0.1) is 0 Å². The predicted octanol–water partition coefficient (Wildman–Crippen LogP) is 14.4. The average Bonchev–Trinajstić information content (AvgIpc) is 3.32. The van der Waals surface area contributed by atoms with Crippen LogP contribution in [0.1, 0.15) is 0 Å². The van der Waals surface area contributed by atoms with Crippen LogP contribution in [0.5, 0.6) is 0 Å². The first-order chi connectivity index (χ1) is 28.7. The molecular formula is C55H37N3. The van der Waals surface area contributed by atoms with E-state index in [2.05, 4.69) is 164 Å². The fourth-order valence-corrected chi connectivity index (χ4v) is 7.81. The lowest BCUT2D eigenvalue weighted by Gasteiger charge is -2.17. The molecule has 0 amide bonds. The molecule has 1 heterocycles. The van der Waals surface area contributed by atoms with Crippen molar-refractivity contribution >= 4 is 10.8 Å². The Morgan fingerprint density at radius 2 is 0.603 bits per heavy atom. The van der Waals surface area contributed by atoms with Crippen molar-refractivity contribution in [1.29, 1.82) is 0 Å². The van der Waals surface area contributed by atoms with Gasteiger partial charge in [0.15, 0.2) is 17.5 Å². The normalized spacial score (nSPS) is 11.1. The fraction of sp³-hybridized carbons (Fsp3) is 0. The van der Waals surface area contributed by atoms with Crippen LogP contribution in [0.25, 0.3) is 101 Å². The van der Waals surface area contributed by atoms with Crippen LogP contribution in [0.3, 0.4) is 0 Å². The molecule has 0 aliphatic rings. The van der Waals surface area contributed by atoms with Gasteiger partial charge in [0, 0.05) is 16.7 Å². The van der Waals surface area contributed by atoms with Crippen LogP contribution in [0, 0.1) is 0 Å². The molecule has 58 heavy (non-hydrogen) atoms. The third-order valence-electron chi connectivity index (χ3n) is 10.7. The van der Waals surface area contributed by atoms with Gasteiger partial charge in [-0.2, -0.15) is 0 Å². The van der Waals surface area contributed by atoms with E-state index in [1.807, 2.05) is 60.7 Å². The number of hydrogen-bond acceptors (Lipinski definition) is 3. The van der Waals surface area contributed by atoms with Crippen molar-refractivity contribution < 1.29 is 0 Å². The molecule has 1 aromatic heterocycles. The van der Waals surface area contributed by atoms with Gasteiger partial charge in [-0.25, -0.2) is 15.0 Å². The van der Waals surface area contributed by atoms with Gasteiger partial charge in [-0.05, 0) is 103 Å². The van der Waals surface area contributed by atoms with Crippen molar-refractivity contribution in [1.82, 2.24) is 15.0 Å². The first kappa shape index (κ1) is 34.7. The Bertz CT molecular complexity index is 2900. The molecule has 272 valence electrons. The van der Waals surface area contributed by atoms with Crippen molar-refractivity contribution in [2.75, 3.05) is 0 Å². The number of nitrogens with zero attached hydrogens (tertiary/aromatic N) is 3. The van der Waals surface area contributed by atoms with E-state index in [4.69, 9.17) is 15.0 Å². The standard InChI is InChI=1S/C55H37N3/c1-6-18-38(19-7-1)45-33-46(39-20-8-2-9-21-39)35-47(34-45)52-37-48(32-43-28-16-17-29-49(43)52)50-31-30-44(36-51(50)40-22-10-3-11-23-40)55-57-53(41-24-12-4-13-25-41)56-54(58-55)42-26-14-5-15-27-42/h1-37H. The highest BCUT2D eigenvalue weighted by molar-refractivity contribution is 6.03. The second kappa shape index (κ2) is 15.4. The molecule has 0 saturated heterocycles. The largest absolute Gasteiger partial charge is 0.208 e. The summed E-state index contributed by atoms with van der Waals surface area (Å²) in [5.41, 5.74) is 14.4. The minimum absolute atomic E-state index is 0.627. The minimum atomic E-state index is 0.627. The number of hydrogen-bond donors (Lipinski definition) is 0. The molecule has 3 nitrogen and oxygen atoms in total. The Morgan fingerprint density at radius 1 is 0.207 bits per heavy atom. The first-order valence-corrected chi connectivity index (χ1v) is 19.6. The highest BCUT2D eigenvalue weighted by Gasteiger charge is 2.18. The zero-order valence-corrected chi connectivity index (χ0v) is 31.7. The van der Waals surface area contributed by atoms with Crippen molar-refractivity contribution in [2.45, 2.75) is 0 Å². The summed E-state index contributed by atoms with van der Waals surface area (Å²) in [5, 5.41) is 2.39. The molecule has 0 saturated carbocycles. The molecule has 0 aliphatic heterocycles. The van der Waals surface area contributed by atoms with Gasteiger partial charge in [0.25, 0.3) is 0 Å². The van der Waals surface area contributed by atoms with Crippen molar-refractivity contribution in [2.24, 2.45) is 0 Å². The van der Waals surface area contributed by atoms with E-state index in [1.165, 1.54) is 44.2 Å². The summed E-state index contributed by atoms with van der Waals surface area (Å²) in [6.45, 7) is 0. The van der Waals surface area contributed by atoms with Crippen LogP contribution in [-0.2, 0) is 0 Å². The first-order valence-electron chi connectivity index (χ1n) is 19.6. The van der Waals surface area contributed by atoms with Gasteiger partial charge in [-0.1, -0.05) is 188 Å². The Hall–Kier alpha value is -7.75. The summed E-state index contributed by atoms with van der Waals surface area (Å²) in [7, 11) is 0. The summed E-state index contributed by atoms with van der Waals surface area (Å²) >= 11 is 0. The summed E-state index contributed by atoms with van der Waals surface area (Å²) in [6.07, 6.45) is 0. The van der Waals surface area contributed by atoms with Crippen LogP contribution < -0.4 is 0 Å².